The maximum atomic E-state index is 11.3. The van der Waals surface area contributed by atoms with Crippen molar-refractivity contribution in [2.75, 3.05) is 6.61 Å². The predicted octanol–water partition coefficient (Wildman–Crippen LogP) is 4.17. The zero-order valence-electron chi connectivity index (χ0n) is 11.4. The first-order valence-electron chi connectivity index (χ1n) is 7.02. The molecule has 1 aromatic carbocycles. The van der Waals surface area contributed by atoms with Crippen LogP contribution in [-0.2, 0) is 4.74 Å². The Morgan fingerprint density at radius 2 is 2.14 bits per heavy atom. The molecule has 1 saturated heterocycles. The molecule has 1 aliphatic heterocycles. The highest BCUT2D eigenvalue weighted by molar-refractivity contribution is 6.36. The molecule has 6 heteroatoms. The maximum absolute atomic E-state index is 11.3. The SMILES string of the molecule is O=C(O)c1cc(Cl)cc(Cl)c1OC1CCOC2(CCC2)C1. The van der Waals surface area contributed by atoms with Crippen LogP contribution in [-0.4, -0.2) is 29.4 Å². The number of carboxylic acid groups (broad SMARTS) is 1. The van der Waals surface area contributed by atoms with Crippen LogP contribution >= 0.6 is 23.2 Å². The summed E-state index contributed by atoms with van der Waals surface area (Å²) in [5, 5.41) is 9.80. The fraction of sp³-hybridized carbons (Fsp3) is 0.533. The first kappa shape index (κ1) is 14.9. The van der Waals surface area contributed by atoms with Crippen molar-refractivity contribution in [3.05, 3.63) is 27.7 Å². The Kier molecular flexibility index (Phi) is 4.04. The molecule has 0 amide bonds. The van der Waals surface area contributed by atoms with Crippen molar-refractivity contribution < 1.29 is 19.4 Å². The quantitative estimate of drug-likeness (QED) is 0.903. The second-order valence-corrected chi connectivity index (χ2v) is 6.53. The number of aromatic carboxylic acids is 1. The van der Waals surface area contributed by atoms with Gasteiger partial charge in [-0.15, -0.1) is 0 Å². The van der Waals surface area contributed by atoms with Crippen LogP contribution in [0.25, 0.3) is 0 Å². The van der Waals surface area contributed by atoms with Crippen LogP contribution in [0, 0.1) is 0 Å². The number of rotatable bonds is 3. The van der Waals surface area contributed by atoms with E-state index in [1.54, 1.807) is 0 Å². The molecule has 1 aromatic rings. The molecule has 0 radical (unpaired) electrons. The molecule has 1 heterocycles. The number of halogens is 2. The lowest BCUT2D eigenvalue weighted by molar-refractivity contribution is -0.153. The van der Waals surface area contributed by atoms with Crippen LogP contribution < -0.4 is 4.74 Å². The van der Waals surface area contributed by atoms with Crippen LogP contribution in [0.4, 0.5) is 0 Å². The molecule has 1 aliphatic carbocycles. The van der Waals surface area contributed by atoms with Gasteiger partial charge in [0, 0.05) is 17.9 Å². The summed E-state index contributed by atoms with van der Waals surface area (Å²) in [5.41, 5.74) is -0.0628. The van der Waals surface area contributed by atoms with Crippen LogP contribution in [0.15, 0.2) is 12.1 Å². The molecule has 2 fully saturated rings. The lowest BCUT2D eigenvalue weighted by Gasteiger charge is -2.47. The van der Waals surface area contributed by atoms with E-state index in [0.717, 1.165) is 25.7 Å². The normalized spacial score (nSPS) is 23.6. The molecule has 1 N–H and O–H groups in total. The topological polar surface area (TPSA) is 55.8 Å². The summed E-state index contributed by atoms with van der Waals surface area (Å²) in [6, 6.07) is 2.87. The summed E-state index contributed by atoms with van der Waals surface area (Å²) in [5.74, 6) is -0.894. The number of benzene rings is 1. The zero-order valence-corrected chi connectivity index (χ0v) is 12.9. The Morgan fingerprint density at radius 3 is 2.76 bits per heavy atom. The summed E-state index contributed by atoms with van der Waals surface area (Å²) in [7, 11) is 0. The van der Waals surface area contributed by atoms with Crippen molar-refractivity contribution in [1.82, 2.24) is 0 Å². The van der Waals surface area contributed by atoms with Crippen LogP contribution in [0.3, 0.4) is 0 Å². The van der Waals surface area contributed by atoms with Gasteiger partial charge in [0.15, 0.2) is 5.75 Å². The minimum absolute atomic E-state index is 0.00153. The van der Waals surface area contributed by atoms with Crippen molar-refractivity contribution in [2.45, 2.75) is 43.8 Å². The molecule has 4 nitrogen and oxygen atoms in total. The number of hydrogen-bond acceptors (Lipinski definition) is 3. The van der Waals surface area contributed by atoms with Crippen molar-refractivity contribution in [3.63, 3.8) is 0 Å². The lowest BCUT2D eigenvalue weighted by Crippen LogP contribution is -2.48. The summed E-state index contributed by atoms with van der Waals surface area (Å²) in [6.07, 6.45) is 4.72. The van der Waals surface area contributed by atoms with Gasteiger partial charge in [0.25, 0.3) is 0 Å². The minimum atomic E-state index is -1.10. The van der Waals surface area contributed by atoms with Crippen LogP contribution in [0.2, 0.25) is 10.0 Å². The summed E-state index contributed by atoms with van der Waals surface area (Å²) in [6.45, 7) is 0.637. The molecule has 1 atom stereocenters. The number of hydrogen-bond donors (Lipinski definition) is 1. The van der Waals surface area contributed by atoms with E-state index >= 15 is 0 Å². The summed E-state index contributed by atoms with van der Waals surface area (Å²) >= 11 is 12.0. The first-order valence-corrected chi connectivity index (χ1v) is 7.78. The Morgan fingerprint density at radius 1 is 1.38 bits per heavy atom. The largest absolute Gasteiger partial charge is 0.488 e. The molecule has 2 aliphatic rings. The van der Waals surface area contributed by atoms with E-state index in [1.165, 1.54) is 18.6 Å². The van der Waals surface area contributed by atoms with E-state index in [-0.39, 0.29) is 33.1 Å². The Balaban J connectivity index is 1.82. The number of ether oxygens (including phenoxy) is 2. The zero-order chi connectivity index (χ0) is 15.0. The maximum Gasteiger partial charge on any atom is 0.339 e. The van der Waals surface area contributed by atoms with E-state index in [0.29, 0.717) is 6.61 Å². The van der Waals surface area contributed by atoms with Gasteiger partial charge in [-0.25, -0.2) is 4.79 Å². The molecule has 114 valence electrons. The highest BCUT2D eigenvalue weighted by Crippen LogP contribution is 2.44. The van der Waals surface area contributed by atoms with E-state index in [1.807, 2.05) is 0 Å². The van der Waals surface area contributed by atoms with Gasteiger partial charge in [-0.3, -0.25) is 0 Å². The predicted molar refractivity (Wildman–Crippen MR) is 79.6 cm³/mol. The summed E-state index contributed by atoms with van der Waals surface area (Å²) < 4.78 is 11.8. The minimum Gasteiger partial charge on any atom is -0.488 e. The number of carbonyl (C=O) groups is 1. The van der Waals surface area contributed by atoms with Gasteiger partial charge in [-0.1, -0.05) is 23.2 Å². The Bertz CT molecular complexity index is 569. The molecule has 1 spiro atoms. The van der Waals surface area contributed by atoms with Crippen molar-refractivity contribution in [1.29, 1.82) is 0 Å². The average Bonchev–Trinajstić information content (AvgIpc) is 2.40. The molecular weight excluding hydrogens is 315 g/mol. The smallest absolute Gasteiger partial charge is 0.339 e. The van der Waals surface area contributed by atoms with Gasteiger partial charge in [-0.05, 0) is 31.4 Å². The standard InChI is InChI=1S/C15H16Cl2O4/c16-9-6-11(14(18)19)13(12(17)7-9)21-10-2-5-20-15(8-10)3-1-4-15/h6-7,10H,1-5,8H2,(H,18,19). The van der Waals surface area contributed by atoms with Crippen molar-refractivity contribution in [3.8, 4) is 5.75 Å². The third-order valence-electron chi connectivity index (χ3n) is 4.24. The fourth-order valence-corrected chi connectivity index (χ4v) is 3.55. The first-order chi connectivity index (χ1) is 9.99. The highest BCUT2D eigenvalue weighted by Gasteiger charge is 2.43. The molecule has 0 bridgehead atoms. The van der Waals surface area contributed by atoms with Crippen LogP contribution in [0.5, 0.6) is 5.75 Å². The second kappa shape index (κ2) is 5.67. The molecule has 0 aromatic heterocycles. The average molecular weight is 331 g/mol. The van der Waals surface area contributed by atoms with E-state index in [2.05, 4.69) is 0 Å². The van der Waals surface area contributed by atoms with Crippen molar-refractivity contribution >= 4 is 29.2 Å². The van der Waals surface area contributed by atoms with E-state index < -0.39 is 5.97 Å². The van der Waals surface area contributed by atoms with Gasteiger partial charge in [0.05, 0.1) is 17.2 Å². The molecule has 1 unspecified atom stereocenters. The number of carboxylic acids is 1. The molecular formula is C15H16Cl2O4. The van der Waals surface area contributed by atoms with Gasteiger partial charge >= 0.3 is 5.97 Å². The molecule has 21 heavy (non-hydrogen) atoms. The molecule has 3 rings (SSSR count). The third-order valence-corrected chi connectivity index (χ3v) is 4.73. The van der Waals surface area contributed by atoms with E-state index in [4.69, 9.17) is 32.7 Å². The van der Waals surface area contributed by atoms with E-state index in [9.17, 15) is 9.90 Å². The van der Waals surface area contributed by atoms with Gasteiger partial charge < -0.3 is 14.6 Å². The third kappa shape index (κ3) is 2.98. The Hall–Kier alpha value is -0.970. The van der Waals surface area contributed by atoms with Crippen LogP contribution in [0.1, 0.15) is 42.5 Å². The van der Waals surface area contributed by atoms with Gasteiger partial charge in [0.1, 0.15) is 11.7 Å². The molecule has 1 saturated carbocycles. The fourth-order valence-electron chi connectivity index (χ4n) is 3.01. The van der Waals surface area contributed by atoms with Crippen molar-refractivity contribution in [2.24, 2.45) is 0 Å². The monoisotopic (exact) mass is 330 g/mol. The summed E-state index contributed by atoms with van der Waals surface area (Å²) in [4.78, 5) is 11.3. The lowest BCUT2D eigenvalue weighted by atomic mass is 9.74. The highest BCUT2D eigenvalue weighted by atomic mass is 35.5. The van der Waals surface area contributed by atoms with Gasteiger partial charge in [-0.2, -0.15) is 0 Å². The van der Waals surface area contributed by atoms with Gasteiger partial charge in [0.2, 0.25) is 0 Å². The second-order valence-electron chi connectivity index (χ2n) is 5.69. The Labute approximate surface area is 132 Å².